The molecule has 0 saturated heterocycles. The largest absolute Gasteiger partial charge is 0.298 e. The molecule has 4 nitrogen and oxygen atoms in total. The van der Waals surface area contributed by atoms with Crippen molar-refractivity contribution in [1.29, 1.82) is 0 Å². The highest BCUT2D eigenvalue weighted by atomic mass is 16.2. The van der Waals surface area contributed by atoms with Crippen molar-refractivity contribution in [1.82, 2.24) is 5.43 Å². The fourth-order valence-electron chi connectivity index (χ4n) is 1.73. The third-order valence-corrected chi connectivity index (χ3v) is 2.60. The highest BCUT2D eigenvalue weighted by molar-refractivity contribution is 6.05. The summed E-state index contributed by atoms with van der Waals surface area (Å²) >= 11 is 0. The maximum absolute atomic E-state index is 11.1. The van der Waals surface area contributed by atoms with Crippen LogP contribution in [-0.4, -0.2) is 17.9 Å². The minimum absolute atomic E-state index is 0.0549. The summed E-state index contributed by atoms with van der Waals surface area (Å²) in [5.41, 5.74) is 4.91. The molecular formula is C12H12N2O2. The van der Waals surface area contributed by atoms with Crippen LogP contribution >= 0.6 is 0 Å². The molecule has 1 atom stereocenters. The Morgan fingerprint density at radius 1 is 1.38 bits per heavy atom. The van der Waals surface area contributed by atoms with Gasteiger partial charge in [0.25, 0.3) is 0 Å². The lowest BCUT2D eigenvalue weighted by Gasteiger charge is -2.19. The highest BCUT2D eigenvalue weighted by Crippen LogP contribution is 2.16. The molecule has 1 heterocycles. The number of rotatable bonds is 2. The van der Waals surface area contributed by atoms with Crippen LogP contribution in [0, 0.1) is 5.92 Å². The van der Waals surface area contributed by atoms with E-state index in [4.69, 9.17) is 0 Å². The van der Waals surface area contributed by atoms with Crippen molar-refractivity contribution in [2.45, 2.75) is 13.3 Å². The van der Waals surface area contributed by atoms with Crippen LogP contribution in [0.4, 0.5) is 0 Å². The van der Waals surface area contributed by atoms with Crippen molar-refractivity contribution in [3.8, 4) is 0 Å². The van der Waals surface area contributed by atoms with Gasteiger partial charge < -0.3 is 0 Å². The van der Waals surface area contributed by atoms with Crippen molar-refractivity contribution >= 4 is 17.9 Å². The monoisotopic (exact) mass is 216 g/mol. The number of nitrogens with zero attached hydrogens (tertiary/aromatic N) is 1. The number of carbonyl (C=O) groups is 2. The SMILES string of the molecule is CC1CC(=O)NN=C1c1ccc(C=O)cc1. The van der Waals surface area contributed by atoms with Crippen LogP contribution in [-0.2, 0) is 4.79 Å². The zero-order chi connectivity index (χ0) is 11.5. The van der Waals surface area contributed by atoms with Crippen LogP contribution < -0.4 is 5.43 Å². The molecule has 0 bridgehead atoms. The van der Waals surface area contributed by atoms with E-state index in [1.807, 2.05) is 19.1 Å². The van der Waals surface area contributed by atoms with Gasteiger partial charge in [-0.25, -0.2) is 5.43 Å². The summed E-state index contributed by atoms with van der Waals surface area (Å²) in [4.78, 5) is 21.6. The number of amides is 1. The van der Waals surface area contributed by atoms with E-state index in [-0.39, 0.29) is 11.8 Å². The molecular weight excluding hydrogens is 204 g/mol. The summed E-state index contributed by atoms with van der Waals surface area (Å²) in [6.07, 6.45) is 1.26. The summed E-state index contributed by atoms with van der Waals surface area (Å²) in [7, 11) is 0. The van der Waals surface area contributed by atoms with Gasteiger partial charge in [0.05, 0.1) is 5.71 Å². The number of carbonyl (C=O) groups excluding carboxylic acids is 2. The van der Waals surface area contributed by atoms with Gasteiger partial charge in [-0.3, -0.25) is 9.59 Å². The van der Waals surface area contributed by atoms with Crippen LogP contribution in [0.2, 0.25) is 0 Å². The van der Waals surface area contributed by atoms with Crippen LogP contribution in [0.3, 0.4) is 0 Å². The molecule has 1 aliphatic heterocycles. The minimum atomic E-state index is -0.0549. The Hall–Kier alpha value is -1.97. The lowest BCUT2D eigenvalue weighted by molar-refractivity contribution is -0.121. The Labute approximate surface area is 93.4 Å². The van der Waals surface area contributed by atoms with E-state index in [0.717, 1.165) is 17.6 Å². The first-order valence-electron chi connectivity index (χ1n) is 5.12. The second-order valence-electron chi connectivity index (χ2n) is 3.88. The fraction of sp³-hybridized carbons (Fsp3) is 0.250. The Kier molecular flexibility index (Phi) is 2.81. The summed E-state index contributed by atoms with van der Waals surface area (Å²) < 4.78 is 0. The van der Waals surface area contributed by atoms with Crippen molar-refractivity contribution in [2.24, 2.45) is 11.0 Å². The predicted octanol–water partition coefficient (Wildman–Crippen LogP) is 1.36. The van der Waals surface area contributed by atoms with Crippen molar-refractivity contribution < 1.29 is 9.59 Å². The molecule has 0 radical (unpaired) electrons. The molecule has 16 heavy (non-hydrogen) atoms. The molecule has 1 aromatic rings. The van der Waals surface area contributed by atoms with Crippen LogP contribution in [0.1, 0.15) is 29.3 Å². The van der Waals surface area contributed by atoms with E-state index in [1.165, 1.54) is 0 Å². The number of nitrogens with one attached hydrogen (secondary N) is 1. The van der Waals surface area contributed by atoms with Gasteiger partial charge in [-0.15, -0.1) is 0 Å². The Balaban J connectivity index is 2.29. The van der Waals surface area contributed by atoms with E-state index < -0.39 is 0 Å². The lowest BCUT2D eigenvalue weighted by Crippen LogP contribution is -2.31. The Morgan fingerprint density at radius 3 is 2.62 bits per heavy atom. The number of aldehydes is 1. The van der Waals surface area contributed by atoms with E-state index in [0.29, 0.717) is 12.0 Å². The van der Waals surface area contributed by atoms with E-state index in [2.05, 4.69) is 10.5 Å². The fourth-order valence-corrected chi connectivity index (χ4v) is 1.73. The molecule has 0 spiro atoms. The third-order valence-electron chi connectivity index (χ3n) is 2.60. The zero-order valence-electron chi connectivity index (χ0n) is 8.93. The Bertz CT molecular complexity index is 449. The highest BCUT2D eigenvalue weighted by Gasteiger charge is 2.21. The third kappa shape index (κ3) is 2.00. The number of benzene rings is 1. The molecule has 1 amide bonds. The molecule has 82 valence electrons. The summed E-state index contributed by atoms with van der Waals surface area (Å²) in [6.45, 7) is 1.96. The summed E-state index contributed by atoms with van der Waals surface area (Å²) in [5, 5.41) is 4.05. The van der Waals surface area contributed by atoms with E-state index in [1.54, 1.807) is 12.1 Å². The Morgan fingerprint density at radius 2 is 2.06 bits per heavy atom. The maximum atomic E-state index is 11.1. The number of hydrogen-bond donors (Lipinski definition) is 1. The molecule has 1 aliphatic rings. The molecule has 1 unspecified atom stereocenters. The van der Waals surface area contributed by atoms with Crippen LogP contribution in [0.5, 0.6) is 0 Å². The van der Waals surface area contributed by atoms with E-state index >= 15 is 0 Å². The van der Waals surface area contributed by atoms with Crippen LogP contribution in [0.25, 0.3) is 0 Å². The quantitative estimate of drug-likeness (QED) is 0.759. The topological polar surface area (TPSA) is 58.5 Å². The smallest absolute Gasteiger partial charge is 0.240 e. The first-order valence-corrected chi connectivity index (χ1v) is 5.12. The molecule has 0 aromatic heterocycles. The minimum Gasteiger partial charge on any atom is -0.298 e. The van der Waals surface area contributed by atoms with Gasteiger partial charge in [-0.05, 0) is 5.56 Å². The van der Waals surface area contributed by atoms with Crippen molar-refractivity contribution in [2.75, 3.05) is 0 Å². The first-order chi connectivity index (χ1) is 7.70. The first kappa shape index (κ1) is 10.5. The van der Waals surface area contributed by atoms with Crippen LogP contribution in [0.15, 0.2) is 29.4 Å². The number of hydrazone groups is 1. The van der Waals surface area contributed by atoms with Gasteiger partial charge in [-0.2, -0.15) is 5.10 Å². The van der Waals surface area contributed by atoms with Gasteiger partial charge in [0.1, 0.15) is 6.29 Å². The molecule has 4 heteroatoms. The standard InChI is InChI=1S/C12H12N2O2/c1-8-6-11(16)13-14-12(8)10-4-2-9(7-15)3-5-10/h2-5,7-8H,6H2,1H3,(H,13,16). The summed E-state index contributed by atoms with van der Waals surface area (Å²) in [6, 6.07) is 7.18. The molecule has 1 N–H and O–H groups in total. The van der Waals surface area contributed by atoms with Gasteiger partial charge in [0.2, 0.25) is 5.91 Å². The second-order valence-corrected chi connectivity index (χ2v) is 3.88. The second kappa shape index (κ2) is 4.26. The van der Waals surface area contributed by atoms with Gasteiger partial charge >= 0.3 is 0 Å². The zero-order valence-corrected chi connectivity index (χ0v) is 8.93. The molecule has 2 rings (SSSR count). The number of hydrogen-bond acceptors (Lipinski definition) is 3. The average Bonchev–Trinajstić information content (AvgIpc) is 2.29. The molecule has 0 fully saturated rings. The van der Waals surface area contributed by atoms with Crippen molar-refractivity contribution in [3.63, 3.8) is 0 Å². The van der Waals surface area contributed by atoms with E-state index in [9.17, 15) is 9.59 Å². The predicted molar refractivity (Wildman–Crippen MR) is 60.3 cm³/mol. The molecule has 1 aromatic carbocycles. The van der Waals surface area contributed by atoms with Gasteiger partial charge in [0.15, 0.2) is 0 Å². The normalized spacial score (nSPS) is 19.9. The maximum Gasteiger partial charge on any atom is 0.240 e. The lowest BCUT2D eigenvalue weighted by atomic mass is 9.94. The molecule has 0 saturated carbocycles. The van der Waals surface area contributed by atoms with Gasteiger partial charge in [0, 0.05) is 17.9 Å². The van der Waals surface area contributed by atoms with Crippen molar-refractivity contribution in [3.05, 3.63) is 35.4 Å². The molecule has 0 aliphatic carbocycles. The van der Waals surface area contributed by atoms with Gasteiger partial charge in [-0.1, -0.05) is 31.2 Å². The average molecular weight is 216 g/mol. The summed E-state index contributed by atoms with van der Waals surface area (Å²) in [5.74, 6) is 0.0524.